The third-order valence-electron chi connectivity index (χ3n) is 2.03. The molecule has 0 radical (unpaired) electrons. The first-order valence-corrected chi connectivity index (χ1v) is 7.45. The molecule has 1 N–H and O–H groups in total. The summed E-state index contributed by atoms with van der Waals surface area (Å²) in [6.07, 6.45) is 3.45. The molecule has 0 aliphatic carbocycles. The molecular weight excluding hydrogens is 264 g/mol. The van der Waals surface area contributed by atoms with E-state index in [1.807, 2.05) is 6.92 Å². The summed E-state index contributed by atoms with van der Waals surface area (Å²) in [5.74, 6) is -0.116. The molecule has 0 aliphatic heterocycles. The predicted molar refractivity (Wildman–Crippen MR) is 65.4 cm³/mol. The van der Waals surface area contributed by atoms with Gasteiger partial charge in [0.2, 0.25) is 5.91 Å². The molecule has 1 aromatic heterocycles. The van der Waals surface area contributed by atoms with Crippen molar-refractivity contribution in [1.82, 2.24) is 4.98 Å². The third kappa shape index (κ3) is 4.70. The fraction of sp³-hybridized carbons (Fsp3) is 0.400. The summed E-state index contributed by atoms with van der Waals surface area (Å²) >= 11 is 0. The van der Waals surface area contributed by atoms with Gasteiger partial charge in [-0.05, 0) is 18.6 Å². The number of hydrogen-bond acceptors (Lipinski definition) is 4. The molecule has 0 spiro atoms. The minimum atomic E-state index is -3.81. The van der Waals surface area contributed by atoms with Crippen LogP contribution in [0, 0.1) is 0 Å². The van der Waals surface area contributed by atoms with Crippen molar-refractivity contribution < 1.29 is 13.2 Å². The van der Waals surface area contributed by atoms with Crippen LogP contribution in [0.5, 0.6) is 0 Å². The molecule has 0 bridgehead atoms. The van der Waals surface area contributed by atoms with E-state index in [2.05, 4.69) is 10.3 Å². The average Bonchev–Trinajstić information content (AvgIpc) is 2.26. The van der Waals surface area contributed by atoms with Crippen molar-refractivity contribution in [3.8, 4) is 0 Å². The van der Waals surface area contributed by atoms with Crippen molar-refractivity contribution in [1.29, 1.82) is 0 Å². The molecule has 17 heavy (non-hydrogen) atoms. The van der Waals surface area contributed by atoms with Crippen LogP contribution >= 0.6 is 10.7 Å². The Morgan fingerprint density at radius 3 is 2.65 bits per heavy atom. The fourth-order valence-electron chi connectivity index (χ4n) is 1.16. The van der Waals surface area contributed by atoms with E-state index >= 15 is 0 Å². The molecule has 1 rings (SSSR count). The van der Waals surface area contributed by atoms with Crippen LogP contribution in [0.3, 0.4) is 0 Å². The average molecular weight is 277 g/mol. The number of aromatic nitrogens is 1. The van der Waals surface area contributed by atoms with Gasteiger partial charge in [-0.25, -0.2) is 13.4 Å². The molecule has 0 saturated heterocycles. The van der Waals surface area contributed by atoms with E-state index in [1.54, 1.807) is 0 Å². The number of rotatable bonds is 5. The number of amides is 1. The highest BCUT2D eigenvalue weighted by Crippen LogP contribution is 2.14. The Morgan fingerprint density at radius 1 is 1.47 bits per heavy atom. The number of carbonyl (C=O) groups excluding carboxylic acids is 1. The molecule has 5 nitrogen and oxygen atoms in total. The predicted octanol–water partition coefficient (Wildman–Crippen LogP) is 2.14. The van der Waals surface area contributed by atoms with Crippen molar-refractivity contribution >= 4 is 31.3 Å². The molecule has 7 heteroatoms. The van der Waals surface area contributed by atoms with Gasteiger partial charge >= 0.3 is 0 Å². The fourth-order valence-corrected chi connectivity index (χ4v) is 1.84. The van der Waals surface area contributed by atoms with Gasteiger partial charge in [-0.3, -0.25) is 4.79 Å². The highest BCUT2D eigenvalue weighted by atomic mass is 35.7. The lowest BCUT2D eigenvalue weighted by Crippen LogP contribution is -2.11. The van der Waals surface area contributed by atoms with Gasteiger partial charge in [0, 0.05) is 17.1 Å². The van der Waals surface area contributed by atoms with Crippen molar-refractivity contribution in [3.05, 3.63) is 18.3 Å². The van der Waals surface area contributed by atoms with E-state index in [4.69, 9.17) is 10.7 Å². The van der Waals surface area contributed by atoms with Crippen LogP contribution in [-0.2, 0) is 13.8 Å². The van der Waals surface area contributed by atoms with Gasteiger partial charge in [0.15, 0.2) is 5.03 Å². The van der Waals surface area contributed by atoms with Crippen LogP contribution in [0.2, 0.25) is 0 Å². The van der Waals surface area contributed by atoms with Crippen LogP contribution in [0.15, 0.2) is 23.4 Å². The van der Waals surface area contributed by atoms with E-state index in [-0.39, 0.29) is 10.9 Å². The maximum atomic E-state index is 11.4. The molecule has 0 fully saturated rings. The number of hydrogen-bond donors (Lipinski definition) is 1. The molecule has 0 unspecified atom stereocenters. The summed E-state index contributed by atoms with van der Waals surface area (Å²) in [6.45, 7) is 1.99. The summed E-state index contributed by atoms with van der Waals surface area (Å²) in [4.78, 5) is 15.0. The van der Waals surface area contributed by atoms with Gasteiger partial charge in [-0.2, -0.15) is 0 Å². The lowest BCUT2D eigenvalue weighted by Gasteiger charge is -2.04. The molecule has 0 saturated carbocycles. The number of carbonyl (C=O) groups is 1. The maximum Gasteiger partial charge on any atom is 0.278 e. The van der Waals surface area contributed by atoms with Gasteiger partial charge in [0.1, 0.15) is 0 Å². The molecule has 1 amide bonds. The Hall–Kier alpha value is -1.14. The minimum Gasteiger partial charge on any atom is -0.325 e. The van der Waals surface area contributed by atoms with Crippen LogP contribution in [0.25, 0.3) is 0 Å². The first kappa shape index (κ1) is 13.9. The first-order valence-electron chi connectivity index (χ1n) is 5.14. The number of unbranched alkanes of at least 4 members (excludes halogenated alkanes) is 1. The molecule has 94 valence electrons. The Labute approximate surface area is 105 Å². The third-order valence-corrected chi connectivity index (χ3v) is 3.24. The van der Waals surface area contributed by atoms with Gasteiger partial charge in [-0.15, -0.1) is 0 Å². The summed E-state index contributed by atoms with van der Waals surface area (Å²) in [5.41, 5.74) is 0.454. The lowest BCUT2D eigenvalue weighted by molar-refractivity contribution is -0.116. The number of pyridine rings is 1. The highest BCUT2D eigenvalue weighted by molar-refractivity contribution is 8.13. The zero-order valence-corrected chi connectivity index (χ0v) is 10.9. The van der Waals surface area contributed by atoms with Gasteiger partial charge in [-0.1, -0.05) is 13.3 Å². The van der Waals surface area contributed by atoms with Crippen LogP contribution in [0.4, 0.5) is 5.69 Å². The molecule has 1 heterocycles. The standard InChI is InChI=1S/C10H13ClN2O3S/c1-2-3-4-9(14)13-8-5-6-10(12-7-8)17(11,15)16/h5-7H,2-4H2,1H3,(H,13,14). The van der Waals surface area contributed by atoms with Crippen LogP contribution in [-0.4, -0.2) is 19.3 Å². The Morgan fingerprint density at radius 2 is 2.18 bits per heavy atom. The minimum absolute atomic E-state index is 0.116. The normalized spacial score (nSPS) is 11.2. The number of nitrogens with zero attached hydrogens (tertiary/aromatic N) is 1. The van der Waals surface area contributed by atoms with E-state index in [9.17, 15) is 13.2 Å². The smallest absolute Gasteiger partial charge is 0.278 e. The Balaban J connectivity index is 2.66. The molecule has 1 aromatic rings. The quantitative estimate of drug-likeness (QED) is 0.836. The topological polar surface area (TPSA) is 76.1 Å². The molecular formula is C10H13ClN2O3S. The number of halogens is 1. The summed E-state index contributed by atoms with van der Waals surface area (Å²) < 4.78 is 21.8. The van der Waals surface area contributed by atoms with E-state index in [0.29, 0.717) is 12.1 Å². The second-order valence-corrected chi connectivity index (χ2v) is 5.99. The van der Waals surface area contributed by atoms with E-state index < -0.39 is 9.05 Å². The largest absolute Gasteiger partial charge is 0.325 e. The molecule has 0 aromatic carbocycles. The maximum absolute atomic E-state index is 11.4. The monoisotopic (exact) mass is 276 g/mol. The second-order valence-electron chi connectivity index (χ2n) is 3.47. The second kappa shape index (κ2) is 5.97. The van der Waals surface area contributed by atoms with Crippen molar-refractivity contribution in [2.24, 2.45) is 0 Å². The van der Waals surface area contributed by atoms with Crippen molar-refractivity contribution in [2.75, 3.05) is 5.32 Å². The Kier molecular flexibility index (Phi) is 4.89. The Bertz CT molecular complexity index is 485. The first-order chi connectivity index (χ1) is 7.93. The van der Waals surface area contributed by atoms with Crippen molar-refractivity contribution in [3.63, 3.8) is 0 Å². The highest BCUT2D eigenvalue weighted by Gasteiger charge is 2.11. The number of nitrogens with one attached hydrogen (secondary N) is 1. The lowest BCUT2D eigenvalue weighted by atomic mass is 10.2. The van der Waals surface area contributed by atoms with Crippen LogP contribution in [0.1, 0.15) is 26.2 Å². The summed E-state index contributed by atoms with van der Waals surface area (Å²) in [7, 11) is 1.29. The SMILES string of the molecule is CCCCC(=O)Nc1ccc(S(=O)(=O)Cl)nc1. The van der Waals surface area contributed by atoms with Crippen LogP contribution < -0.4 is 5.32 Å². The number of anilines is 1. The van der Waals surface area contributed by atoms with E-state index in [1.165, 1.54) is 18.3 Å². The molecule has 0 aliphatic rings. The van der Waals surface area contributed by atoms with Gasteiger partial charge in [0.25, 0.3) is 9.05 Å². The van der Waals surface area contributed by atoms with Crippen molar-refractivity contribution in [2.45, 2.75) is 31.2 Å². The van der Waals surface area contributed by atoms with Gasteiger partial charge in [0.05, 0.1) is 11.9 Å². The zero-order chi connectivity index (χ0) is 12.9. The van der Waals surface area contributed by atoms with Gasteiger partial charge < -0.3 is 5.32 Å². The zero-order valence-electron chi connectivity index (χ0n) is 9.31. The van der Waals surface area contributed by atoms with E-state index in [0.717, 1.165) is 12.8 Å². The summed E-state index contributed by atoms with van der Waals surface area (Å²) in [5, 5.41) is 2.39. The molecule has 0 atom stereocenters. The summed E-state index contributed by atoms with van der Waals surface area (Å²) in [6, 6.07) is 2.70.